The lowest BCUT2D eigenvalue weighted by Gasteiger charge is -2.36. The first kappa shape index (κ1) is 14.0. The number of esters is 1. The second-order valence-corrected chi connectivity index (χ2v) is 4.95. The van der Waals surface area contributed by atoms with Crippen molar-refractivity contribution in [2.24, 2.45) is 0 Å². The largest absolute Gasteiger partial charge is 0.468 e. The van der Waals surface area contributed by atoms with Crippen LogP contribution < -0.4 is 5.32 Å². The number of nitrogens with one attached hydrogen (secondary N) is 1. The summed E-state index contributed by atoms with van der Waals surface area (Å²) < 4.78 is 5.01. The van der Waals surface area contributed by atoms with Crippen LogP contribution in [0.15, 0.2) is 30.3 Å². The molecule has 1 N–H and O–H groups in total. The lowest BCUT2D eigenvalue weighted by Crippen LogP contribution is -2.53. The van der Waals surface area contributed by atoms with Gasteiger partial charge in [-0.15, -0.1) is 0 Å². The fourth-order valence-corrected chi connectivity index (χ4v) is 2.69. The highest BCUT2D eigenvalue weighted by Gasteiger charge is 2.33. The van der Waals surface area contributed by atoms with Crippen molar-refractivity contribution in [3.05, 3.63) is 35.9 Å². The number of ether oxygens (including phenoxy) is 1. The monoisotopic (exact) mass is 262 g/mol. The molecule has 2 unspecified atom stereocenters. The highest BCUT2D eigenvalue weighted by atomic mass is 16.5. The Morgan fingerprint density at radius 3 is 2.47 bits per heavy atom. The number of carbonyl (C=O) groups is 1. The first-order valence-electron chi connectivity index (χ1n) is 6.81. The fraction of sp³-hybridized carbons (Fsp3) is 0.533. The van der Waals surface area contributed by atoms with Gasteiger partial charge < -0.3 is 10.1 Å². The lowest BCUT2D eigenvalue weighted by atomic mass is 9.92. The van der Waals surface area contributed by atoms with Crippen LogP contribution in [0.25, 0.3) is 0 Å². The van der Waals surface area contributed by atoms with Crippen molar-refractivity contribution < 1.29 is 9.53 Å². The van der Waals surface area contributed by atoms with Gasteiger partial charge in [0.2, 0.25) is 0 Å². The van der Waals surface area contributed by atoms with Gasteiger partial charge in [0.15, 0.2) is 0 Å². The average Bonchev–Trinajstić information content (AvgIpc) is 2.49. The summed E-state index contributed by atoms with van der Waals surface area (Å²) in [5.74, 6) is -0.00926. The van der Waals surface area contributed by atoms with Crippen LogP contribution in [-0.4, -0.2) is 50.2 Å². The van der Waals surface area contributed by atoms with E-state index in [-0.39, 0.29) is 17.9 Å². The Morgan fingerprint density at radius 1 is 1.26 bits per heavy atom. The number of nitrogens with zero attached hydrogens (tertiary/aromatic N) is 1. The smallest absolute Gasteiger partial charge is 0.323 e. The van der Waals surface area contributed by atoms with Gasteiger partial charge in [0.1, 0.15) is 6.04 Å². The predicted octanol–water partition coefficient (Wildman–Crippen LogP) is 1.24. The van der Waals surface area contributed by atoms with E-state index in [4.69, 9.17) is 4.74 Å². The summed E-state index contributed by atoms with van der Waals surface area (Å²) >= 11 is 0. The van der Waals surface area contributed by atoms with Crippen molar-refractivity contribution in [3.8, 4) is 0 Å². The van der Waals surface area contributed by atoms with Gasteiger partial charge in [-0.25, -0.2) is 0 Å². The molecule has 0 bridgehead atoms. The maximum atomic E-state index is 12.1. The number of piperazine rings is 1. The Morgan fingerprint density at radius 2 is 1.89 bits per heavy atom. The van der Waals surface area contributed by atoms with E-state index in [9.17, 15) is 4.79 Å². The van der Waals surface area contributed by atoms with Crippen molar-refractivity contribution >= 4 is 5.97 Å². The summed E-state index contributed by atoms with van der Waals surface area (Å²) in [5.41, 5.74) is 1.18. The van der Waals surface area contributed by atoms with E-state index in [2.05, 4.69) is 29.3 Å². The Labute approximate surface area is 114 Å². The third-order valence-corrected chi connectivity index (χ3v) is 3.79. The number of hydrogen-bond acceptors (Lipinski definition) is 4. The SMILES string of the molecule is COC(=O)C(C(C)c1ccccc1)N1CCNCC1. The molecule has 1 aliphatic rings. The van der Waals surface area contributed by atoms with E-state index in [1.165, 1.54) is 12.7 Å². The third-order valence-electron chi connectivity index (χ3n) is 3.79. The van der Waals surface area contributed by atoms with E-state index in [0.29, 0.717) is 0 Å². The number of hydrogen-bond donors (Lipinski definition) is 1. The standard InChI is InChI=1S/C15H22N2O2/c1-12(13-6-4-3-5-7-13)14(15(18)19-2)17-10-8-16-9-11-17/h3-7,12,14,16H,8-11H2,1-2H3. The molecule has 0 aliphatic carbocycles. The van der Waals surface area contributed by atoms with Crippen molar-refractivity contribution in [1.82, 2.24) is 10.2 Å². The molecule has 1 aromatic rings. The molecular weight excluding hydrogens is 240 g/mol. The maximum absolute atomic E-state index is 12.1. The quantitative estimate of drug-likeness (QED) is 0.829. The Bertz CT molecular complexity index is 402. The summed E-state index contributed by atoms with van der Waals surface area (Å²) in [4.78, 5) is 14.4. The lowest BCUT2D eigenvalue weighted by molar-refractivity contribution is -0.148. The minimum atomic E-state index is -0.200. The van der Waals surface area contributed by atoms with Crippen LogP contribution in [0.3, 0.4) is 0 Å². The van der Waals surface area contributed by atoms with Gasteiger partial charge in [0.05, 0.1) is 7.11 Å². The zero-order valence-corrected chi connectivity index (χ0v) is 11.6. The molecule has 0 amide bonds. The molecule has 2 rings (SSSR count). The molecule has 0 aromatic heterocycles. The van der Waals surface area contributed by atoms with Crippen LogP contribution in [0.2, 0.25) is 0 Å². The van der Waals surface area contributed by atoms with Crippen LogP contribution >= 0.6 is 0 Å². The van der Waals surface area contributed by atoms with Gasteiger partial charge in [0.25, 0.3) is 0 Å². The first-order valence-corrected chi connectivity index (χ1v) is 6.81. The van der Waals surface area contributed by atoms with E-state index >= 15 is 0 Å². The molecule has 1 saturated heterocycles. The van der Waals surface area contributed by atoms with E-state index in [0.717, 1.165) is 26.2 Å². The molecule has 1 heterocycles. The highest BCUT2D eigenvalue weighted by Crippen LogP contribution is 2.24. The van der Waals surface area contributed by atoms with Crippen molar-refractivity contribution in [2.75, 3.05) is 33.3 Å². The zero-order valence-electron chi connectivity index (χ0n) is 11.6. The van der Waals surface area contributed by atoms with Crippen molar-refractivity contribution in [3.63, 3.8) is 0 Å². The number of rotatable bonds is 4. The van der Waals surface area contributed by atoms with Gasteiger partial charge in [0, 0.05) is 32.1 Å². The molecule has 0 radical (unpaired) electrons. The summed E-state index contributed by atoms with van der Waals surface area (Å²) in [5, 5.41) is 3.31. The summed E-state index contributed by atoms with van der Waals surface area (Å²) in [6.07, 6.45) is 0. The molecule has 1 fully saturated rings. The normalized spacial score (nSPS) is 19.7. The molecule has 1 aliphatic heterocycles. The fourth-order valence-electron chi connectivity index (χ4n) is 2.69. The van der Waals surface area contributed by atoms with E-state index < -0.39 is 0 Å². The summed E-state index contributed by atoms with van der Waals surface area (Å²) in [7, 11) is 1.47. The number of benzene rings is 1. The summed E-state index contributed by atoms with van der Waals surface area (Å²) in [6, 6.07) is 9.96. The van der Waals surface area contributed by atoms with Crippen LogP contribution in [-0.2, 0) is 9.53 Å². The number of carbonyl (C=O) groups excluding carboxylic acids is 1. The minimum absolute atomic E-state index is 0.131. The minimum Gasteiger partial charge on any atom is -0.468 e. The van der Waals surface area contributed by atoms with Gasteiger partial charge >= 0.3 is 5.97 Å². The number of methoxy groups -OCH3 is 1. The Hall–Kier alpha value is -1.39. The molecule has 4 nitrogen and oxygen atoms in total. The van der Waals surface area contributed by atoms with Crippen LogP contribution in [0.1, 0.15) is 18.4 Å². The van der Waals surface area contributed by atoms with E-state index in [1.807, 2.05) is 18.2 Å². The molecule has 4 heteroatoms. The third kappa shape index (κ3) is 3.33. The molecule has 1 aromatic carbocycles. The van der Waals surface area contributed by atoms with Crippen LogP contribution in [0, 0.1) is 0 Å². The topological polar surface area (TPSA) is 41.6 Å². The second kappa shape index (κ2) is 6.68. The molecule has 2 atom stereocenters. The van der Waals surface area contributed by atoms with Gasteiger partial charge in [-0.2, -0.15) is 0 Å². The molecular formula is C15H22N2O2. The first-order chi connectivity index (χ1) is 9.24. The molecule has 19 heavy (non-hydrogen) atoms. The van der Waals surface area contributed by atoms with Gasteiger partial charge in [-0.3, -0.25) is 9.69 Å². The molecule has 0 saturated carbocycles. The van der Waals surface area contributed by atoms with Crippen LogP contribution in [0.4, 0.5) is 0 Å². The maximum Gasteiger partial charge on any atom is 0.323 e. The highest BCUT2D eigenvalue weighted by molar-refractivity contribution is 5.77. The zero-order chi connectivity index (χ0) is 13.7. The average molecular weight is 262 g/mol. The van der Waals surface area contributed by atoms with Gasteiger partial charge in [-0.1, -0.05) is 37.3 Å². The van der Waals surface area contributed by atoms with E-state index in [1.54, 1.807) is 0 Å². The van der Waals surface area contributed by atoms with Crippen molar-refractivity contribution in [2.45, 2.75) is 18.9 Å². The van der Waals surface area contributed by atoms with Crippen LogP contribution in [0.5, 0.6) is 0 Å². The Balaban J connectivity index is 2.19. The molecule has 104 valence electrons. The second-order valence-electron chi connectivity index (χ2n) is 4.95. The van der Waals surface area contributed by atoms with Crippen molar-refractivity contribution in [1.29, 1.82) is 0 Å². The Kier molecular flexibility index (Phi) is 4.93. The predicted molar refractivity (Wildman–Crippen MR) is 75.1 cm³/mol. The summed E-state index contributed by atoms with van der Waals surface area (Å²) in [6.45, 7) is 5.72. The molecule has 0 spiro atoms. The van der Waals surface area contributed by atoms with Gasteiger partial charge in [-0.05, 0) is 5.56 Å².